The fourth-order valence-electron chi connectivity index (χ4n) is 2.91. The number of hydrogen-bond acceptors (Lipinski definition) is 3. The molecule has 5 nitrogen and oxygen atoms in total. The molecule has 0 bridgehead atoms. The molecule has 0 saturated carbocycles. The predicted octanol–water partition coefficient (Wildman–Crippen LogP) is 3.77. The first-order valence-electron chi connectivity index (χ1n) is 8.16. The van der Waals surface area contributed by atoms with E-state index in [9.17, 15) is 4.79 Å². The number of nitrogens with zero attached hydrogens (tertiary/aromatic N) is 2. The van der Waals surface area contributed by atoms with Gasteiger partial charge in [-0.25, -0.2) is 4.79 Å². The summed E-state index contributed by atoms with van der Waals surface area (Å²) in [6.07, 6.45) is 5.81. The van der Waals surface area contributed by atoms with Crippen molar-refractivity contribution in [1.29, 1.82) is 0 Å². The van der Waals surface area contributed by atoms with Crippen LogP contribution < -0.4 is 15.5 Å². The molecule has 0 spiro atoms. The van der Waals surface area contributed by atoms with Gasteiger partial charge in [-0.15, -0.1) is 0 Å². The largest absolute Gasteiger partial charge is 0.370 e. The van der Waals surface area contributed by atoms with Gasteiger partial charge in [0, 0.05) is 36.5 Å². The van der Waals surface area contributed by atoms with Crippen molar-refractivity contribution in [3.8, 4) is 0 Å². The summed E-state index contributed by atoms with van der Waals surface area (Å²) in [5.74, 6) is 0.503. The zero-order valence-corrected chi connectivity index (χ0v) is 14.2. The summed E-state index contributed by atoms with van der Waals surface area (Å²) in [7, 11) is 0. The maximum absolute atomic E-state index is 12.0. The summed E-state index contributed by atoms with van der Waals surface area (Å²) >= 11 is 5.91. The number of benzene rings is 1. The van der Waals surface area contributed by atoms with Crippen molar-refractivity contribution in [2.45, 2.75) is 12.8 Å². The number of carbonyl (C=O) groups excluding carboxylic acids is 1. The van der Waals surface area contributed by atoms with Gasteiger partial charge in [0.2, 0.25) is 0 Å². The fraction of sp³-hybridized carbons (Fsp3) is 0.333. The number of anilines is 2. The molecule has 2 heterocycles. The molecule has 0 radical (unpaired) electrons. The molecular weight excluding hydrogens is 324 g/mol. The maximum atomic E-state index is 12.0. The Balaban J connectivity index is 1.41. The highest BCUT2D eigenvalue weighted by Crippen LogP contribution is 2.22. The highest BCUT2D eigenvalue weighted by Gasteiger charge is 2.20. The summed E-state index contributed by atoms with van der Waals surface area (Å²) in [5.41, 5.74) is 1.87. The van der Waals surface area contributed by atoms with E-state index >= 15 is 0 Å². The Kier molecular flexibility index (Phi) is 5.54. The number of pyridine rings is 1. The average Bonchev–Trinajstić information content (AvgIpc) is 2.61. The highest BCUT2D eigenvalue weighted by atomic mass is 35.5. The SMILES string of the molecule is O=C(NCC1CCN(c2cccnc2)CC1)Nc1cccc(Cl)c1. The van der Waals surface area contributed by atoms with Gasteiger partial charge >= 0.3 is 6.03 Å². The van der Waals surface area contributed by atoms with E-state index in [1.165, 1.54) is 5.69 Å². The molecule has 6 heteroatoms. The van der Waals surface area contributed by atoms with Crippen LogP contribution in [-0.4, -0.2) is 30.6 Å². The number of piperidine rings is 1. The van der Waals surface area contributed by atoms with Gasteiger partial charge in [0.1, 0.15) is 0 Å². The average molecular weight is 345 g/mol. The molecular formula is C18H21ClN4O. The van der Waals surface area contributed by atoms with Crippen LogP contribution in [0.1, 0.15) is 12.8 Å². The fourth-order valence-corrected chi connectivity index (χ4v) is 3.10. The lowest BCUT2D eigenvalue weighted by atomic mass is 9.96. The van der Waals surface area contributed by atoms with Crippen LogP contribution in [-0.2, 0) is 0 Å². The first-order valence-corrected chi connectivity index (χ1v) is 8.54. The Morgan fingerprint density at radius 1 is 1.25 bits per heavy atom. The molecule has 1 aliphatic heterocycles. The molecule has 1 aromatic heterocycles. The van der Waals surface area contributed by atoms with Gasteiger partial charge in [-0.05, 0) is 49.1 Å². The van der Waals surface area contributed by atoms with Gasteiger partial charge < -0.3 is 15.5 Å². The monoisotopic (exact) mass is 344 g/mol. The van der Waals surface area contributed by atoms with Crippen LogP contribution in [0.4, 0.5) is 16.2 Å². The van der Waals surface area contributed by atoms with Crippen molar-refractivity contribution in [1.82, 2.24) is 10.3 Å². The molecule has 126 valence electrons. The number of hydrogen-bond donors (Lipinski definition) is 2. The second-order valence-corrected chi connectivity index (χ2v) is 6.42. The van der Waals surface area contributed by atoms with Crippen LogP contribution in [0.3, 0.4) is 0 Å². The molecule has 2 amide bonds. The molecule has 1 aromatic carbocycles. The molecule has 2 N–H and O–H groups in total. The number of rotatable bonds is 4. The highest BCUT2D eigenvalue weighted by molar-refractivity contribution is 6.30. The van der Waals surface area contributed by atoms with E-state index in [4.69, 9.17) is 11.6 Å². The lowest BCUT2D eigenvalue weighted by molar-refractivity contribution is 0.248. The third-order valence-corrected chi connectivity index (χ3v) is 4.49. The van der Waals surface area contributed by atoms with Crippen molar-refractivity contribution in [2.24, 2.45) is 5.92 Å². The van der Waals surface area contributed by atoms with E-state index in [0.717, 1.165) is 25.9 Å². The van der Waals surface area contributed by atoms with Crippen molar-refractivity contribution in [2.75, 3.05) is 29.9 Å². The minimum Gasteiger partial charge on any atom is -0.370 e. The minimum atomic E-state index is -0.188. The van der Waals surface area contributed by atoms with Crippen LogP contribution in [0.2, 0.25) is 5.02 Å². The lowest BCUT2D eigenvalue weighted by Crippen LogP contribution is -2.39. The zero-order valence-electron chi connectivity index (χ0n) is 13.4. The second-order valence-electron chi connectivity index (χ2n) is 5.99. The molecule has 0 atom stereocenters. The number of carbonyl (C=O) groups is 1. The van der Waals surface area contributed by atoms with Crippen LogP contribution >= 0.6 is 11.6 Å². The molecule has 3 rings (SSSR count). The van der Waals surface area contributed by atoms with Crippen molar-refractivity contribution >= 4 is 29.0 Å². The summed E-state index contributed by atoms with van der Waals surface area (Å²) < 4.78 is 0. The summed E-state index contributed by atoms with van der Waals surface area (Å²) in [5, 5.41) is 6.36. The van der Waals surface area contributed by atoms with Gasteiger partial charge in [-0.1, -0.05) is 17.7 Å². The van der Waals surface area contributed by atoms with Gasteiger partial charge in [-0.3, -0.25) is 4.98 Å². The first-order chi connectivity index (χ1) is 11.7. The molecule has 2 aromatic rings. The normalized spacial score (nSPS) is 15.1. The van der Waals surface area contributed by atoms with E-state index < -0.39 is 0 Å². The summed E-state index contributed by atoms with van der Waals surface area (Å²) in [6.45, 7) is 2.68. The van der Waals surface area contributed by atoms with Gasteiger partial charge in [0.15, 0.2) is 0 Å². The van der Waals surface area contributed by atoms with Crippen LogP contribution in [0.25, 0.3) is 0 Å². The van der Waals surface area contributed by atoms with Crippen molar-refractivity contribution in [3.05, 3.63) is 53.8 Å². The van der Waals surface area contributed by atoms with Crippen LogP contribution in [0.5, 0.6) is 0 Å². The molecule has 1 aliphatic rings. The van der Waals surface area contributed by atoms with Gasteiger partial charge in [0.05, 0.1) is 11.9 Å². The smallest absolute Gasteiger partial charge is 0.319 e. The number of aromatic nitrogens is 1. The number of amides is 2. The Morgan fingerprint density at radius 2 is 2.08 bits per heavy atom. The Bertz CT molecular complexity index is 672. The standard InChI is InChI=1S/C18H21ClN4O/c19-15-3-1-4-16(11-15)22-18(24)21-12-14-6-9-23(10-7-14)17-5-2-8-20-13-17/h1-5,8,11,13-14H,6-7,9-10,12H2,(H2,21,22,24). The van der Waals surface area contributed by atoms with E-state index in [0.29, 0.717) is 23.2 Å². The first kappa shape index (κ1) is 16.6. The quantitative estimate of drug-likeness (QED) is 0.887. The minimum absolute atomic E-state index is 0.188. The predicted molar refractivity (Wildman–Crippen MR) is 97.6 cm³/mol. The Labute approximate surface area is 147 Å². The van der Waals surface area contributed by atoms with Gasteiger partial charge in [-0.2, -0.15) is 0 Å². The second kappa shape index (κ2) is 8.02. The summed E-state index contributed by atoms with van der Waals surface area (Å²) in [4.78, 5) is 18.5. The van der Waals surface area contributed by atoms with E-state index in [-0.39, 0.29) is 6.03 Å². The van der Waals surface area contributed by atoms with Gasteiger partial charge in [0.25, 0.3) is 0 Å². The number of urea groups is 1. The van der Waals surface area contributed by atoms with Crippen molar-refractivity contribution < 1.29 is 4.79 Å². The zero-order chi connectivity index (χ0) is 16.8. The van der Waals surface area contributed by atoms with E-state index in [2.05, 4.69) is 26.6 Å². The van der Waals surface area contributed by atoms with E-state index in [1.54, 1.807) is 18.3 Å². The number of halogens is 1. The molecule has 1 fully saturated rings. The number of nitrogens with one attached hydrogen (secondary N) is 2. The maximum Gasteiger partial charge on any atom is 0.319 e. The molecule has 0 aliphatic carbocycles. The third-order valence-electron chi connectivity index (χ3n) is 4.26. The Hall–Kier alpha value is -2.27. The Morgan fingerprint density at radius 3 is 2.79 bits per heavy atom. The summed E-state index contributed by atoms with van der Waals surface area (Å²) in [6, 6.07) is 11.0. The van der Waals surface area contributed by atoms with Crippen LogP contribution in [0, 0.1) is 5.92 Å². The van der Waals surface area contributed by atoms with Crippen LogP contribution in [0.15, 0.2) is 48.8 Å². The molecule has 1 saturated heterocycles. The third kappa shape index (κ3) is 4.61. The lowest BCUT2D eigenvalue weighted by Gasteiger charge is -2.33. The molecule has 0 unspecified atom stereocenters. The molecule has 24 heavy (non-hydrogen) atoms. The van der Waals surface area contributed by atoms with Crippen molar-refractivity contribution in [3.63, 3.8) is 0 Å². The topological polar surface area (TPSA) is 57.3 Å². The van der Waals surface area contributed by atoms with E-state index in [1.807, 2.05) is 24.4 Å².